The Kier molecular flexibility index (Phi) is 4.64. The highest BCUT2D eigenvalue weighted by Gasteiger charge is 2.24. The molecule has 0 saturated heterocycles. The van der Waals surface area contributed by atoms with Crippen molar-refractivity contribution in [3.8, 4) is 6.07 Å². The van der Waals surface area contributed by atoms with Crippen molar-refractivity contribution in [3.05, 3.63) is 35.6 Å². The molecule has 92 valence electrons. The van der Waals surface area contributed by atoms with Gasteiger partial charge in [0.2, 0.25) is 0 Å². The molecule has 1 rings (SSSR count). The third kappa shape index (κ3) is 3.53. The summed E-state index contributed by atoms with van der Waals surface area (Å²) >= 11 is 0. The highest BCUT2D eigenvalue weighted by Crippen LogP contribution is 2.25. The lowest BCUT2D eigenvalue weighted by molar-refractivity contribution is 0.572. The van der Waals surface area contributed by atoms with Gasteiger partial charge in [0.05, 0.1) is 17.1 Å². The molecular weight excluding hydrogens is 241 g/mol. The Labute approximate surface area is 101 Å². The van der Waals surface area contributed by atoms with Crippen molar-refractivity contribution in [2.24, 2.45) is 0 Å². The molecule has 0 heterocycles. The fraction of sp³-hybridized carbons (Fsp3) is 0.417. The van der Waals surface area contributed by atoms with Crippen LogP contribution in [0.3, 0.4) is 0 Å². The van der Waals surface area contributed by atoms with Crippen LogP contribution in [0.1, 0.15) is 30.6 Å². The second-order valence-corrected chi connectivity index (χ2v) is 6.23. The van der Waals surface area contributed by atoms with Crippen LogP contribution in [0.2, 0.25) is 0 Å². The van der Waals surface area contributed by atoms with Crippen LogP contribution in [0.25, 0.3) is 0 Å². The number of benzene rings is 1. The summed E-state index contributed by atoms with van der Waals surface area (Å²) in [7, 11) is -3.40. The Bertz CT molecular complexity index is 520. The van der Waals surface area contributed by atoms with Gasteiger partial charge in [-0.25, -0.2) is 12.8 Å². The lowest BCUT2D eigenvalue weighted by Gasteiger charge is -2.13. The van der Waals surface area contributed by atoms with Crippen LogP contribution in [0.4, 0.5) is 4.39 Å². The minimum absolute atomic E-state index is 0.0872. The van der Waals surface area contributed by atoms with Crippen LogP contribution in [0, 0.1) is 17.1 Å². The predicted molar refractivity (Wildman–Crippen MR) is 63.4 cm³/mol. The molecule has 0 radical (unpaired) electrons. The largest absolute Gasteiger partial charge is 0.228 e. The van der Waals surface area contributed by atoms with Crippen LogP contribution in [-0.4, -0.2) is 14.2 Å². The molecule has 0 aliphatic carbocycles. The number of nitriles is 1. The molecule has 0 aromatic heterocycles. The van der Waals surface area contributed by atoms with E-state index in [1.165, 1.54) is 25.1 Å². The first-order valence-corrected chi connectivity index (χ1v) is 7.03. The van der Waals surface area contributed by atoms with E-state index in [0.29, 0.717) is 0 Å². The van der Waals surface area contributed by atoms with Crippen molar-refractivity contribution >= 4 is 9.84 Å². The number of hydrogen-bond donors (Lipinski definition) is 0. The summed E-state index contributed by atoms with van der Waals surface area (Å²) in [5.74, 6) is -0.598. The van der Waals surface area contributed by atoms with E-state index in [-0.39, 0.29) is 24.2 Å². The highest BCUT2D eigenvalue weighted by molar-refractivity contribution is 7.91. The maximum Gasteiger partial charge on any atom is 0.157 e. The monoisotopic (exact) mass is 255 g/mol. The van der Waals surface area contributed by atoms with E-state index < -0.39 is 20.9 Å². The van der Waals surface area contributed by atoms with Crippen LogP contribution in [-0.2, 0) is 9.84 Å². The fourth-order valence-corrected chi connectivity index (χ4v) is 3.01. The lowest BCUT2D eigenvalue weighted by atomic mass is 10.1. The van der Waals surface area contributed by atoms with Crippen molar-refractivity contribution in [1.29, 1.82) is 5.26 Å². The Balaban J connectivity index is 2.86. The van der Waals surface area contributed by atoms with E-state index in [0.717, 1.165) is 0 Å². The Morgan fingerprint density at radius 1 is 1.41 bits per heavy atom. The van der Waals surface area contributed by atoms with Gasteiger partial charge >= 0.3 is 0 Å². The summed E-state index contributed by atoms with van der Waals surface area (Å²) in [5.41, 5.74) is 0.185. The fourth-order valence-electron chi connectivity index (χ4n) is 1.53. The van der Waals surface area contributed by atoms with Gasteiger partial charge in [-0.3, -0.25) is 0 Å². The quantitative estimate of drug-likeness (QED) is 0.760. The van der Waals surface area contributed by atoms with Gasteiger partial charge in [0, 0.05) is 12.0 Å². The number of nitrogens with zero attached hydrogens (tertiary/aromatic N) is 1. The molecule has 1 atom stereocenters. The first kappa shape index (κ1) is 13.7. The van der Waals surface area contributed by atoms with E-state index in [1.54, 1.807) is 6.07 Å². The highest BCUT2D eigenvalue weighted by atomic mass is 32.2. The third-order valence-corrected chi connectivity index (χ3v) is 4.79. The van der Waals surface area contributed by atoms with Crippen molar-refractivity contribution < 1.29 is 12.8 Å². The van der Waals surface area contributed by atoms with Crippen molar-refractivity contribution in [3.63, 3.8) is 0 Å². The molecule has 0 aliphatic rings. The zero-order chi connectivity index (χ0) is 12.9. The molecule has 0 fully saturated rings. The Morgan fingerprint density at radius 2 is 2.06 bits per heavy atom. The van der Waals surface area contributed by atoms with Crippen LogP contribution in [0.15, 0.2) is 24.3 Å². The van der Waals surface area contributed by atoms with Gasteiger partial charge in [0.1, 0.15) is 5.82 Å². The normalized spacial score (nSPS) is 13.0. The third-order valence-electron chi connectivity index (χ3n) is 2.60. The smallest absolute Gasteiger partial charge is 0.157 e. The number of hydrogen-bond acceptors (Lipinski definition) is 3. The molecule has 0 unspecified atom stereocenters. The first-order valence-electron chi connectivity index (χ1n) is 5.32. The SMILES string of the molecule is C[C@@H](c1ccccc1F)S(=O)(=O)CCCC#N. The number of sulfone groups is 1. The summed E-state index contributed by atoms with van der Waals surface area (Å²) < 4.78 is 37.2. The standard InChI is InChI=1S/C12H14FNO2S/c1-10(11-6-2-3-7-12(11)13)17(15,16)9-5-4-8-14/h2-3,6-7,10H,4-5,9H2,1H3/t10-/m0/s1. The molecular formula is C12H14FNO2S. The molecule has 1 aromatic carbocycles. The molecule has 0 saturated carbocycles. The number of halogens is 1. The minimum Gasteiger partial charge on any atom is -0.228 e. The van der Waals surface area contributed by atoms with Crippen LogP contribution < -0.4 is 0 Å². The van der Waals surface area contributed by atoms with Crippen molar-refractivity contribution in [2.75, 3.05) is 5.75 Å². The molecule has 3 nitrogen and oxygen atoms in total. The Morgan fingerprint density at radius 3 is 2.65 bits per heavy atom. The molecule has 0 aliphatic heterocycles. The average molecular weight is 255 g/mol. The van der Waals surface area contributed by atoms with Gasteiger partial charge < -0.3 is 0 Å². The Hall–Kier alpha value is -1.41. The zero-order valence-corrected chi connectivity index (χ0v) is 10.4. The molecule has 0 amide bonds. The summed E-state index contributed by atoms with van der Waals surface area (Å²) in [4.78, 5) is 0. The van der Waals surface area contributed by atoms with E-state index in [1.807, 2.05) is 6.07 Å². The summed E-state index contributed by atoms with van der Waals surface area (Å²) in [6, 6.07) is 7.75. The molecule has 1 aromatic rings. The molecule has 0 spiro atoms. The number of rotatable bonds is 5. The maximum absolute atomic E-state index is 13.4. The van der Waals surface area contributed by atoms with Crippen molar-refractivity contribution in [2.45, 2.75) is 25.0 Å². The van der Waals surface area contributed by atoms with Gasteiger partial charge in [0.25, 0.3) is 0 Å². The molecule has 0 bridgehead atoms. The zero-order valence-electron chi connectivity index (χ0n) is 9.56. The second-order valence-electron chi connectivity index (χ2n) is 3.79. The van der Waals surface area contributed by atoms with Gasteiger partial charge in [-0.05, 0) is 19.4 Å². The van der Waals surface area contributed by atoms with E-state index >= 15 is 0 Å². The van der Waals surface area contributed by atoms with Crippen molar-refractivity contribution in [1.82, 2.24) is 0 Å². The molecule has 5 heteroatoms. The van der Waals surface area contributed by atoms with E-state index in [9.17, 15) is 12.8 Å². The van der Waals surface area contributed by atoms with Gasteiger partial charge in [0.15, 0.2) is 9.84 Å². The summed E-state index contributed by atoms with van der Waals surface area (Å²) in [5, 5.41) is 7.49. The number of unbranched alkanes of at least 4 members (excludes halogenated alkanes) is 1. The van der Waals surface area contributed by atoms with Crippen LogP contribution >= 0.6 is 0 Å². The molecule has 0 N–H and O–H groups in total. The predicted octanol–water partition coefficient (Wildman–Crippen LogP) is 2.61. The minimum atomic E-state index is -3.40. The maximum atomic E-state index is 13.4. The van der Waals surface area contributed by atoms with E-state index in [4.69, 9.17) is 5.26 Å². The molecule has 17 heavy (non-hydrogen) atoms. The average Bonchev–Trinajstić information content (AvgIpc) is 2.29. The first-order chi connectivity index (χ1) is 7.99. The lowest BCUT2D eigenvalue weighted by Crippen LogP contribution is -2.15. The van der Waals surface area contributed by atoms with Crippen LogP contribution in [0.5, 0.6) is 0 Å². The summed E-state index contributed by atoms with van der Waals surface area (Å²) in [6.07, 6.45) is 0.487. The van der Waals surface area contributed by atoms with Gasteiger partial charge in [-0.15, -0.1) is 0 Å². The second kappa shape index (κ2) is 5.78. The van der Waals surface area contributed by atoms with Gasteiger partial charge in [-0.1, -0.05) is 18.2 Å². The summed E-state index contributed by atoms with van der Waals surface area (Å²) in [6.45, 7) is 1.47. The van der Waals surface area contributed by atoms with E-state index in [2.05, 4.69) is 0 Å². The van der Waals surface area contributed by atoms with Gasteiger partial charge in [-0.2, -0.15) is 5.26 Å². The topological polar surface area (TPSA) is 57.9 Å².